The molecule has 4 aliphatic rings. The topological polar surface area (TPSA) is 460 Å². The molecule has 7 rings (SSSR count). The summed E-state index contributed by atoms with van der Waals surface area (Å²) in [4.78, 5) is 130. The van der Waals surface area contributed by atoms with Gasteiger partial charge < -0.3 is 102 Å². The van der Waals surface area contributed by atoms with E-state index in [1.807, 2.05) is 4.98 Å². The van der Waals surface area contributed by atoms with Gasteiger partial charge in [-0.25, -0.2) is 28.9 Å². The monoisotopic (exact) mass is 1230 g/mol. The maximum absolute atomic E-state index is 15.2. The number of carbonyl (C=O) groups is 7. The fourth-order valence-electron chi connectivity index (χ4n) is 10.3. The number of carboxylic acid groups (broad SMARTS) is 1. The Morgan fingerprint density at radius 2 is 1.47 bits per heavy atom. The van der Waals surface area contributed by atoms with Gasteiger partial charge in [0, 0.05) is 51.2 Å². The van der Waals surface area contributed by atoms with Crippen molar-refractivity contribution < 1.29 is 87.5 Å². The summed E-state index contributed by atoms with van der Waals surface area (Å²) in [6, 6.07) is 2.98. The summed E-state index contributed by atoms with van der Waals surface area (Å²) < 4.78 is 35.8. The highest BCUT2D eigenvalue weighted by molar-refractivity contribution is 6.21. The molecule has 9 amide bonds. The molecular weight excluding hydrogens is 1150 g/mol. The molecule has 476 valence electrons. The molecule has 0 saturated carbocycles. The number of rotatable bonds is 26. The second kappa shape index (κ2) is 29.3. The predicted octanol–water partition coefficient (Wildman–Crippen LogP) is -3.22. The van der Waals surface area contributed by atoms with Crippen molar-refractivity contribution in [2.45, 2.75) is 132 Å². The Hall–Kier alpha value is -8.44. The number of urea groups is 3. The van der Waals surface area contributed by atoms with Crippen LogP contribution < -0.4 is 68.6 Å². The van der Waals surface area contributed by atoms with E-state index < -0.39 is 163 Å². The molecule has 3 fully saturated rings. The van der Waals surface area contributed by atoms with Crippen LogP contribution in [0.15, 0.2) is 75.4 Å². The fraction of sp³-hybridized carbons (Fsp3) is 0.556. The molecular formula is C54H75N13O20. The van der Waals surface area contributed by atoms with E-state index in [1.54, 1.807) is 52.0 Å². The SMILES string of the molecule is COc1ccc(NC(=O)NC[C@H]2OC(O[C@H](C3C(=O)N(c4ccc(OC)cc4)C(=O)N3CCCNC(=O)C(NC(=O)C(NC(=O)NC(C(=O)O)C(C)C)C3CCN=C(N)N3)C(O)C(C)C)[C@H]3O[C@@H](n4ccc(=O)[nH]c4=O)C(O)C3O)C(OC)C2O)cc1. The van der Waals surface area contributed by atoms with Gasteiger partial charge in [0.05, 0.1) is 32.1 Å². The molecule has 1 aromatic heterocycles. The van der Waals surface area contributed by atoms with Gasteiger partial charge >= 0.3 is 29.8 Å². The first kappa shape index (κ1) is 66.1. The molecule has 0 bridgehead atoms. The minimum atomic E-state index is -2.05. The first-order valence-electron chi connectivity index (χ1n) is 27.8. The number of H-pyrrole nitrogens is 1. The minimum Gasteiger partial charge on any atom is -0.497 e. The van der Waals surface area contributed by atoms with Crippen LogP contribution >= 0.6 is 0 Å². The summed E-state index contributed by atoms with van der Waals surface area (Å²) in [7, 11) is 4.07. The van der Waals surface area contributed by atoms with Crippen molar-refractivity contribution in [3.05, 3.63) is 81.6 Å². The zero-order valence-electron chi connectivity index (χ0n) is 48.6. The number of aromatic amines is 1. The number of hydrogen-bond acceptors (Lipinski definition) is 22. The van der Waals surface area contributed by atoms with Crippen LogP contribution in [0.25, 0.3) is 0 Å². The van der Waals surface area contributed by atoms with E-state index in [0.717, 1.165) is 26.6 Å². The molecule has 15 atom stereocenters. The number of aliphatic imine (C=N–C) groups is 1. The number of carboxylic acids is 1. The minimum absolute atomic E-state index is 0.0175. The van der Waals surface area contributed by atoms with Gasteiger partial charge in [-0.2, -0.15) is 0 Å². The van der Waals surface area contributed by atoms with Crippen LogP contribution in [0.2, 0.25) is 0 Å². The zero-order chi connectivity index (χ0) is 63.6. The number of nitrogens with zero attached hydrogens (tertiary/aromatic N) is 4. The summed E-state index contributed by atoms with van der Waals surface area (Å²) in [6.45, 7) is 5.27. The number of carbonyl (C=O) groups excluding carboxylic acids is 6. The molecule has 5 heterocycles. The number of aliphatic carboxylic acids is 1. The van der Waals surface area contributed by atoms with Crippen LogP contribution in [0, 0.1) is 11.8 Å². The second-order valence-corrected chi connectivity index (χ2v) is 21.5. The molecule has 33 heteroatoms. The Kier molecular flexibility index (Phi) is 22.3. The summed E-state index contributed by atoms with van der Waals surface area (Å²) in [5.74, 6) is -4.68. The van der Waals surface area contributed by atoms with E-state index in [9.17, 15) is 63.9 Å². The first-order chi connectivity index (χ1) is 41.4. The van der Waals surface area contributed by atoms with Crippen molar-refractivity contribution in [1.29, 1.82) is 0 Å². The third-order valence-corrected chi connectivity index (χ3v) is 15.0. The zero-order valence-corrected chi connectivity index (χ0v) is 48.6. The molecule has 3 aromatic rings. The highest BCUT2D eigenvalue weighted by atomic mass is 16.7. The Morgan fingerprint density at radius 1 is 0.805 bits per heavy atom. The Bertz CT molecular complexity index is 3080. The van der Waals surface area contributed by atoms with Crippen molar-refractivity contribution >= 4 is 59.1 Å². The number of ether oxygens (including phenoxy) is 6. The number of methoxy groups -OCH3 is 3. The number of amides is 9. The number of imide groups is 1. The highest BCUT2D eigenvalue weighted by Crippen LogP contribution is 2.39. The second-order valence-electron chi connectivity index (χ2n) is 21.5. The number of aliphatic hydroxyl groups is 4. The van der Waals surface area contributed by atoms with E-state index in [4.69, 9.17) is 34.2 Å². The van der Waals surface area contributed by atoms with Crippen molar-refractivity contribution in [3.63, 3.8) is 0 Å². The van der Waals surface area contributed by atoms with E-state index >= 15 is 4.79 Å². The summed E-state index contributed by atoms with van der Waals surface area (Å²) in [6.07, 6.45) is -16.2. The molecule has 87 heavy (non-hydrogen) atoms. The Labute approximate surface area is 497 Å². The van der Waals surface area contributed by atoms with E-state index in [2.05, 4.69) is 42.2 Å². The van der Waals surface area contributed by atoms with E-state index in [-0.39, 0.29) is 44.1 Å². The van der Waals surface area contributed by atoms with Gasteiger partial charge in [-0.3, -0.25) is 33.7 Å². The number of benzene rings is 2. The van der Waals surface area contributed by atoms with Crippen LogP contribution in [0.4, 0.5) is 25.8 Å². The fourth-order valence-corrected chi connectivity index (χ4v) is 10.3. The van der Waals surface area contributed by atoms with E-state index in [1.165, 1.54) is 45.6 Å². The molecule has 0 radical (unpaired) electrons. The Morgan fingerprint density at radius 3 is 2.07 bits per heavy atom. The molecule has 15 N–H and O–H groups in total. The van der Waals surface area contributed by atoms with E-state index in [0.29, 0.717) is 17.2 Å². The lowest BCUT2D eigenvalue weighted by Gasteiger charge is -2.36. The normalized spacial score (nSPS) is 25.4. The van der Waals surface area contributed by atoms with Crippen molar-refractivity contribution in [2.75, 3.05) is 57.7 Å². The maximum atomic E-state index is 15.2. The predicted molar refractivity (Wildman–Crippen MR) is 304 cm³/mol. The standard InChI is InChI=1S/C54H75N13O20/c1-24(2)33(48(76)77)63-52(79)64-34(30-17-20-57-50(55)60-30)45(74)62-35(37(69)25(3)4)44(73)56-19-8-21-65-36(46(75)67(54(65)81)27-11-15-29(83-6)16-12-27)41(42-39(71)40(72)47(86-42)66-22-18-32(68)61-53(66)80)87-49-43(84-7)38(70)31(85-49)23-58-51(78)59-26-9-13-28(82-5)14-10-26/h9-16,18,22,24-25,30-31,33-43,47,49,69-72H,8,17,19-21,23H2,1-7H3,(H,56,73)(H,62,74)(H,76,77)(H3,55,57,60)(H2,58,59,78)(H,61,68,80)(H2,63,64,79)/t30?,31-,33?,34?,35?,36?,37?,38?,39?,40?,41-,42+,43?,47-,49?/m1/s1. The lowest BCUT2D eigenvalue weighted by molar-refractivity contribution is -0.232. The summed E-state index contributed by atoms with van der Waals surface area (Å²) >= 11 is 0. The summed E-state index contributed by atoms with van der Waals surface area (Å²) in [5, 5.41) is 74.3. The number of nitrogens with two attached hydrogens (primary N) is 1. The number of aliphatic hydroxyl groups excluding tert-OH is 4. The lowest BCUT2D eigenvalue weighted by atomic mass is 9.97. The highest BCUT2D eigenvalue weighted by Gasteiger charge is 2.59. The average molecular weight is 1230 g/mol. The van der Waals surface area contributed by atoms with Gasteiger partial charge in [-0.1, -0.05) is 27.7 Å². The van der Waals surface area contributed by atoms with Crippen LogP contribution in [0.3, 0.4) is 0 Å². The molecule has 3 saturated heterocycles. The first-order valence-corrected chi connectivity index (χ1v) is 27.8. The molecule has 0 aliphatic carbocycles. The summed E-state index contributed by atoms with van der Waals surface area (Å²) in [5.41, 5.74) is 4.47. The average Bonchev–Trinajstić information content (AvgIpc) is 1.90. The molecule has 11 unspecified atom stereocenters. The van der Waals surface area contributed by atoms with Gasteiger partial charge in [-0.15, -0.1) is 0 Å². The Balaban J connectivity index is 1.17. The van der Waals surface area contributed by atoms with Crippen molar-refractivity contribution in [1.82, 2.24) is 46.4 Å². The maximum Gasteiger partial charge on any atom is 0.332 e. The molecule has 33 nitrogen and oxygen atoms in total. The lowest BCUT2D eigenvalue weighted by Crippen LogP contribution is -2.66. The molecule has 0 spiro atoms. The van der Waals surface area contributed by atoms with Crippen LogP contribution in [-0.4, -0.2) is 221 Å². The molecule has 4 aliphatic heterocycles. The van der Waals surface area contributed by atoms with Gasteiger partial charge in [0.25, 0.3) is 11.5 Å². The van der Waals surface area contributed by atoms with Gasteiger partial charge in [0.15, 0.2) is 18.5 Å². The quantitative estimate of drug-likeness (QED) is 0.0278. The van der Waals surface area contributed by atoms with Crippen LogP contribution in [0.1, 0.15) is 46.8 Å². The molecule has 2 aromatic carbocycles. The smallest absolute Gasteiger partial charge is 0.332 e. The number of guanidine groups is 1. The number of aromatic nitrogens is 2. The van der Waals surface area contributed by atoms with Gasteiger partial charge in [0.1, 0.15) is 78.4 Å². The number of anilines is 2. The van der Waals surface area contributed by atoms with Crippen molar-refractivity contribution in [2.24, 2.45) is 22.6 Å². The number of nitrogens with one attached hydrogen (secondary N) is 8. The van der Waals surface area contributed by atoms with Crippen LogP contribution in [-0.2, 0) is 38.1 Å². The largest absolute Gasteiger partial charge is 0.497 e. The van der Waals surface area contributed by atoms with Gasteiger partial charge in [-0.05, 0) is 73.2 Å². The van der Waals surface area contributed by atoms with Crippen LogP contribution in [0.5, 0.6) is 11.5 Å². The van der Waals surface area contributed by atoms with Gasteiger partial charge in [0.2, 0.25) is 11.8 Å². The van der Waals surface area contributed by atoms with Crippen molar-refractivity contribution in [3.8, 4) is 11.5 Å². The number of hydrogen-bond donors (Lipinski definition) is 14. The third-order valence-electron chi connectivity index (χ3n) is 15.0. The third kappa shape index (κ3) is 15.6.